The van der Waals surface area contributed by atoms with Crippen LogP contribution in [-0.2, 0) is 0 Å². The Morgan fingerprint density at radius 2 is 2.00 bits per heavy atom. The molecule has 2 N–H and O–H groups in total. The smallest absolute Gasteiger partial charge is 0.253 e. The Bertz CT molecular complexity index is 551. The van der Waals surface area contributed by atoms with Crippen molar-refractivity contribution in [2.75, 3.05) is 13.1 Å². The maximum atomic E-state index is 12.4. The second-order valence-electron chi connectivity index (χ2n) is 5.68. The molecule has 0 unspecified atom stereocenters. The number of hydrogen-bond donors (Lipinski definition) is 1. The number of aryl methyl sites for hydroxylation is 1. The molecule has 1 saturated heterocycles. The molecule has 0 spiro atoms. The van der Waals surface area contributed by atoms with Gasteiger partial charge in [0.2, 0.25) is 0 Å². The van der Waals surface area contributed by atoms with Gasteiger partial charge in [-0.15, -0.1) is 0 Å². The zero-order valence-electron chi connectivity index (χ0n) is 11.8. The molecule has 1 aliphatic heterocycles. The van der Waals surface area contributed by atoms with Gasteiger partial charge < -0.3 is 10.6 Å². The monoisotopic (exact) mass is 310 g/mol. The third-order valence-corrected chi connectivity index (χ3v) is 5.07. The van der Waals surface area contributed by atoms with E-state index >= 15 is 0 Å². The van der Waals surface area contributed by atoms with Crippen molar-refractivity contribution in [1.82, 2.24) is 4.90 Å². The van der Waals surface area contributed by atoms with Crippen LogP contribution >= 0.6 is 23.8 Å². The largest absolute Gasteiger partial charge is 0.393 e. The molecule has 0 bridgehead atoms. The summed E-state index contributed by atoms with van der Waals surface area (Å²) in [6.45, 7) is 5.35. The van der Waals surface area contributed by atoms with Gasteiger partial charge in [-0.3, -0.25) is 4.79 Å². The Morgan fingerprint density at radius 3 is 2.50 bits per heavy atom. The fourth-order valence-corrected chi connectivity index (χ4v) is 2.74. The zero-order chi connectivity index (χ0) is 14.9. The lowest BCUT2D eigenvalue weighted by molar-refractivity contribution is 0.0670. The lowest BCUT2D eigenvalue weighted by Crippen LogP contribution is -2.46. The standard InChI is InChI=1S/C15H19ClN2OS/c1-10-3-4-11(9-12(10)16)13(19)18-7-5-15(2,6-8-18)14(17)20/h3-4,9H,5-8H2,1-2H3,(H2,17,20). The lowest BCUT2D eigenvalue weighted by atomic mass is 9.80. The molecule has 0 aromatic heterocycles. The molecule has 0 saturated carbocycles. The molecule has 3 nitrogen and oxygen atoms in total. The number of thiocarbonyl (C=S) groups is 1. The number of hydrogen-bond acceptors (Lipinski definition) is 2. The predicted molar refractivity (Wildman–Crippen MR) is 86.2 cm³/mol. The Morgan fingerprint density at radius 1 is 1.40 bits per heavy atom. The van der Waals surface area contributed by atoms with E-state index in [0.717, 1.165) is 18.4 Å². The zero-order valence-corrected chi connectivity index (χ0v) is 13.4. The fourth-order valence-electron chi connectivity index (χ4n) is 2.36. The molecule has 0 radical (unpaired) electrons. The van der Waals surface area contributed by atoms with Crippen LogP contribution in [0.25, 0.3) is 0 Å². The number of amides is 1. The van der Waals surface area contributed by atoms with Crippen LogP contribution in [-0.4, -0.2) is 28.9 Å². The van der Waals surface area contributed by atoms with Gasteiger partial charge in [0.1, 0.15) is 0 Å². The summed E-state index contributed by atoms with van der Waals surface area (Å²) in [4.78, 5) is 14.8. The number of piperidine rings is 1. The molecule has 1 fully saturated rings. The van der Waals surface area contributed by atoms with Crippen molar-refractivity contribution in [1.29, 1.82) is 0 Å². The van der Waals surface area contributed by atoms with Gasteiger partial charge in [0.25, 0.3) is 5.91 Å². The van der Waals surface area contributed by atoms with Crippen molar-refractivity contribution >= 4 is 34.7 Å². The molecule has 1 aromatic carbocycles. The van der Waals surface area contributed by atoms with E-state index in [9.17, 15) is 4.79 Å². The van der Waals surface area contributed by atoms with E-state index < -0.39 is 0 Å². The van der Waals surface area contributed by atoms with Crippen LogP contribution in [0.5, 0.6) is 0 Å². The number of carbonyl (C=O) groups excluding carboxylic acids is 1. The van der Waals surface area contributed by atoms with E-state index in [1.807, 2.05) is 24.0 Å². The number of carbonyl (C=O) groups is 1. The van der Waals surface area contributed by atoms with E-state index in [1.165, 1.54) is 0 Å². The van der Waals surface area contributed by atoms with Gasteiger partial charge in [0.05, 0.1) is 4.99 Å². The molecule has 108 valence electrons. The fraction of sp³-hybridized carbons (Fsp3) is 0.467. The minimum absolute atomic E-state index is 0.0249. The highest BCUT2D eigenvalue weighted by Crippen LogP contribution is 2.32. The quantitative estimate of drug-likeness (QED) is 0.853. The first-order valence-corrected chi connectivity index (χ1v) is 7.47. The molecule has 2 rings (SSSR count). The van der Waals surface area contributed by atoms with E-state index in [0.29, 0.717) is 28.7 Å². The van der Waals surface area contributed by atoms with E-state index in [-0.39, 0.29) is 11.3 Å². The molecule has 5 heteroatoms. The first-order valence-electron chi connectivity index (χ1n) is 6.69. The number of nitrogens with two attached hydrogens (primary N) is 1. The molecule has 0 atom stereocenters. The summed E-state index contributed by atoms with van der Waals surface area (Å²) < 4.78 is 0. The van der Waals surface area contributed by atoms with Crippen molar-refractivity contribution in [3.8, 4) is 0 Å². The molecule has 1 amide bonds. The normalized spacial score (nSPS) is 17.9. The van der Waals surface area contributed by atoms with Gasteiger partial charge >= 0.3 is 0 Å². The summed E-state index contributed by atoms with van der Waals surface area (Å²) in [5.41, 5.74) is 7.27. The average Bonchev–Trinajstić information content (AvgIpc) is 2.42. The van der Waals surface area contributed by atoms with Crippen molar-refractivity contribution in [2.24, 2.45) is 11.1 Å². The van der Waals surface area contributed by atoms with Crippen LogP contribution < -0.4 is 5.73 Å². The van der Waals surface area contributed by atoms with Crippen LogP contribution in [0.2, 0.25) is 5.02 Å². The van der Waals surface area contributed by atoms with Crippen LogP contribution in [0.3, 0.4) is 0 Å². The molecule has 1 aromatic rings. The van der Waals surface area contributed by atoms with Gasteiger partial charge in [-0.2, -0.15) is 0 Å². The summed E-state index contributed by atoms with van der Waals surface area (Å²) in [6.07, 6.45) is 1.63. The van der Waals surface area contributed by atoms with Crippen LogP contribution in [0.1, 0.15) is 35.7 Å². The van der Waals surface area contributed by atoms with Crippen LogP contribution in [0.15, 0.2) is 18.2 Å². The highest BCUT2D eigenvalue weighted by atomic mass is 35.5. The maximum Gasteiger partial charge on any atom is 0.253 e. The van der Waals surface area contributed by atoms with Crippen molar-refractivity contribution in [3.63, 3.8) is 0 Å². The summed E-state index contributed by atoms with van der Waals surface area (Å²) in [7, 11) is 0. The highest BCUT2D eigenvalue weighted by Gasteiger charge is 2.34. The molecule has 1 heterocycles. The van der Waals surface area contributed by atoms with Gasteiger partial charge in [-0.05, 0) is 37.5 Å². The van der Waals surface area contributed by atoms with Crippen molar-refractivity contribution in [3.05, 3.63) is 34.3 Å². The number of benzene rings is 1. The van der Waals surface area contributed by atoms with E-state index in [1.54, 1.807) is 6.07 Å². The van der Waals surface area contributed by atoms with Crippen LogP contribution in [0, 0.1) is 12.3 Å². The Balaban J connectivity index is 2.08. The molecule has 0 aliphatic carbocycles. The summed E-state index contributed by atoms with van der Waals surface area (Å²) >= 11 is 11.2. The van der Waals surface area contributed by atoms with Crippen molar-refractivity contribution in [2.45, 2.75) is 26.7 Å². The molecule has 1 aliphatic rings. The summed E-state index contributed by atoms with van der Waals surface area (Å²) in [6, 6.07) is 5.43. The predicted octanol–water partition coefficient (Wildman–Crippen LogP) is 3.18. The van der Waals surface area contributed by atoms with Crippen molar-refractivity contribution < 1.29 is 4.79 Å². The number of nitrogens with zero attached hydrogens (tertiary/aromatic N) is 1. The van der Waals surface area contributed by atoms with Gasteiger partial charge in [0, 0.05) is 29.1 Å². The Hall–Kier alpha value is -1.13. The molecule has 20 heavy (non-hydrogen) atoms. The van der Waals surface area contributed by atoms with Crippen LogP contribution in [0.4, 0.5) is 0 Å². The van der Waals surface area contributed by atoms with Gasteiger partial charge in [0.15, 0.2) is 0 Å². The number of likely N-dealkylation sites (tertiary alicyclic amines) is 1. The second-order valence-corrected chi connectivity index (χ2v) is 6.53. The minimum atomic E-state index is -0.128. The third-order valence-electron chi connectivity index (χ3n) is 4.17. The number of rotatable bonds is 2. The van der Waals surface area contributed by atoms with E-state index in [2.05, 4.69) is 6.92 Å². The first-order chi connectivity index (χ1) is 9.33. The average molecular weight is 311 g/mol. The third kappa shape index (κ3) is 2.96. The Kier molecular flexibility index (Phi) is 4.35. The first kappa shape index (κ1) is 15.3. The minimum Gasteiger partial charge on any atom is -0.393 e. The molecular formula is C15H19ClN2OS. The topological polar surface area (TPSA) is 46.3 Å². The lowest BCUT2D eigenvalue weighted by Gasteiger charge is -2.38. The highest BCUT2D eigenvalue weighted by molar-refractivity contribution is 7.80. The molecular weight excluding hydrogens is 292 g/mol. The summed E-state index contributed by atoms with van der Waals surface area (Å²) in [5, 5.41) is 0.626. The van der Waals surface area contributed by atoms with Gasteiger partial charge in [-0.1, -0.05) is 36.8 Å². The SMILES string of the molecule is Cc1ccc(C(=O)N2CCC(C)(C(N)=S)CC2)cc1Cl. The van der Waals surface area contributed by atoms with E-state index in [4.69, 9.17) is 29.6 Å². The maximum absolute atomic E-state index is 12.4. The number of halogens is 1. The summed E-state index contributed by atoms with van der Waals surface area (Å²) in [5.74, 6) is 0.0249. The Labute approximate surface area is 130 Å². The second kappa shape index (κ2) is 5.70. The van der Waals surface area contributed by atoms with Gasteiger partial charge in [-0.25, -0.2) is 0 Å².